The maximum absolute atomic E-state index is 12.5. The number of likely N-dealkylation sites (N-methyl/N-ethyl adjacent to an activating group) is 1. The minimum absolute atomic E-state index is 0.0191. The molecule has 2 atom stereocenters. The lowest BCUT2D eigenvalue weighted by atomic mass is 10.0. The molecule has 0 spiro atoms. The fourth-order valence-corrected chi connectivity index (χ4v) is 3.24. The van der Waals surface area contributed by atoms with E-state index < -0.39 is 0 Å². The number of ether oxygens (including phenoxy) is 1. The first-order valence-electron chi connectivity index (χ1n) is 8.13. The molecule has 5 nitrogen and oxygen atoms in total. The van der Waals surface area contributed by atoms with Crippen LogP contribution < -0.4 is 5.32 Å². The first kappa shape index (κ1) is 16.6. The Bertz CT molecular complexity index is 718. The van der Waals surface area contributed by atoms with Gasteiger partial charge in [0, 0.05) is 37.3 Å². The summed E-state index contributed by atoms with van der Waals surface area (Å²) >= 11 is 0. The van der Waals surface area contributed by atoms with Gasteiger partial charge in [-0.15, -0.1) is 0 Å². The van der Waals surface area contributed by atoms with Gasteiger partial charge in [-0.2, -0.15) is 0 Å². The van der Waals surface area contributed by atoms with Crippen LogP contribution in [0.3, 0.4) is 0 Å². The number of pyridine rings is 1. The molecule has 1 aromatic carbocycles. The molecule has 126 valence electrons. The van der Waals surface area contributed by atoms with E-state index in [2.05, 4.69) is 10.3 Å². The van der Waals surface area contributed by atoms with Gasteiger partial charge in [0.05, 0.1) is 12.1 Å². The van der Waals surface area contributed by atoms with Gasteiger partial charge in [-0.25, -0.2) is 0 Å². The van der Waals surface area contributed by atoms with Crippen molar-refractivity contribution in [1.29, 1.82) is 0 Å². The van der Waals surface area contributed by atoms with Gasteiger partial charge < -0.3 is 10.1 Å². The Hall–Kier alpha value is -2.24. The van der Waals surface area contributed by atoms with Crippen LogP contribution in [0.25, 0.3) is 11.1 Å². The standard InChI is InChI=1S/C19H23N3O2/c1-13-9-15(6-7-17(13)14-5-4-8-20-11-14)21-19(23)18-10-16(24-3)12-22(18)2/h4-9,11,16,18H,10,12H2,1-3H3,(H,21,23)/t16-,18-/m0/s1. The Morgan fingerprint density at radius 1 is 1.38 bits per heavy atom. The highest BCUT2D eigenvalue weighted by atomic mass is 16.5. The molecule has 1 aliphatic rings. The maximum Gasteiger partial charge on any atom is 0.241 e. The largest absolute Gasteiger partial charge is 0.380 e. The first-order chi connectivity index (χ1) is 11.6. The van der Waals surface area contributed by atoms with Crippen molar-refractivity contribution in [3.05, 3.63) is 48.3 Å². The van der Waals surface area contributed by atoms with Crippen LogP contribution in [0.1, 0.15) is 12.0 Å². The van der Waals surface area contributed by atoms with Crippen molar-refractivity contribution in [3.63, 3.8) is 0 Å². The van der Waals surface area contributed by atoms with Crippen LogP contribution in [-0.2, 0) is 9.53 Å². The van der Waals surface area contributed by atoms with Crippen molar-refractivity contribution in [2.24, 2.45) is 0 Å². The zero-order valence-electron chi connectivity index (χ0n) is 14.3. The molecule has 1 aliphatic heterocycles. The van der Waals surface area contributed by atoms with Gasteiger partial charge in [0.2, 0.25) is 5.91 Å². The van der Waals surface area contributed by atoms with Crippen molar-refractivity contribution in [2.75, 3.05) is 26.0 Å². The Labute approximate surface area is 142 Å². The third kappa shape index (κ3) is 3.47. The van der Waals surface area contributed by atoms with Crippen LogP contribution in [0.5, 0.6) is 0 Å². The molecular formula is C19H23N3O2. The number of nitrogens with one attached hydrogen (secondary N) is 1. The van der Waals surface area contributed by atoms with E-state index in [4.69, 9.17) is 4.74 Å². The van der Waals surface area contributed by atoms with Crippen LogP contribution >= 0.6 is 0 Å². The Balaban J connectivity index is 1.72. The number of nitrogens with zero attached hydrogens (tertiary/aromatic N) is 2. The highest BCUT2D eigenvalue weighted by Gasteiger charge is 2.34. The van der Waals surface area contributed by atoms with E-state index in [9.17, 15) is 4.79 Å². The van der Waals surface area contributed by atoms with E-state index in [1.165, 1.54) is 0 Å². The molecule has 3 rings (SSSR count). The van der Waals surface area contributed by atoms with E-state index in [0.717, 1.165) is 35.3 Å². The van der Waals surface area contributed by atoms with Crippen LogP contribution in [-0.4, -0.2) is 48.6 Å². The van der Waals surface area contributed by atoms with Crippen molar-refractivity contribution in [3.8, 4) is 11.1 Å². The summed E-state index contributed by atoms with van der Waals surface area (Å²) in [6, 6.07) is 9.78. The molecule has 0 unspecified atom stereocenters. The fraction of sp³-hybridized carbons (Fsp3) is 0.368. The van der Waals surface area contributed by atoms with Crippen LogP contribution in [0.15, 0.2) is 42.7 Å². The van der Waals surface area contributed by atoms with E-state index >= 15 is 0 Å². The first-order valence-corrected chi connectivity index (χ1v) is 8.13. The summed E-state index contributed by atoms with van der Waals surface area (Å²) in [5, 5.41) is 3.03. The molecule has 0 aliphatic carbocycles. The highest BCUT2D eigenvalue weighted by molar-refractivity contribution is 5.95. The molecule has 1 saturated heterocycles. The minimum Gasteiger partial charge on any atom is -0.380 e. The summed E-state index contributed by atoms with van der Waals surface area (Å²) in [6.45, 7) is 2.83. The summed E-state index contributed by atoms with van der Waals surface area (Å²) in [5.41, 5.74) is 4.12. The second-order valence-corrected chi connectivity index (χ2v) is 6.31. The van der Waals surface area contributed by atoms with Gasteiger partial charge >= 0.3 is 0 Å². The summed E-state index contributed by atoms with van der Waals surface area (Å²) in [4.78, 5) is 18.7. The topological polar surface area (TPSA) is 54.5 Å². The SMILES string of the molecule is CO[C@H]1C[C@@H](C(=O)Nc2ccc(-c3cccnc3)c(C)c2)N(C)C1. The molecule has 24 heavy (non-hydrogen) atoms. The van der Waals surface area contributed by atoms with Crippen LogP contribution in [0.4, 0.5) is 5.69 Å². The van der Waals surface area contributed by atoms with Gasteiger partial charge in [0.1, 0.15) is 0 Å². The molecule has 1 aromatic heterocycles. The number of anilines is 1. The van der Waals surface area contributed by atoms with E-state index in [-0.39, 0.29) is 18.1 Å². The lowest BCUT2D eigenvalue weighted by Crippen LogP contribution is -2.37. The monoisotopic (exact) mass is 325 g/mol. The number of hydrogen-bond donors (Lipinski definition) is 1. The molecule has 2 heterocycles. The van der Waals surface area contributed by atoms with Gasteiger partial charge in [-0.05, 0) is 49.7 Å². The predicted molar refractivity (Wildman–Crippen MR) is 94.9 cm³/mol. The van der Waals surface area contributed by atoms with E-state index in [0.29, 0.717) is 0 Å². The zero-order valence-corrected chi connectivity index (χ0v) is 14.3. The molecule has 0 radical (unpaired) electrons. The second kappa shape index (κ2) is 7.11. The Morgan fingerprint density at radius 2 is 2.21 bits per heavy atom. The smallest absolute Gasteiger partial charge is 0.241 e. The fourth-order valence-electron chi connectivity index (χ4n) is 3.24. The van der Waals surface area contributed by atoms with Crippen LogP contribution in [0.2, 0.25) is 0 Å². The summed E-state index contributed by atoms with van der Waals surface area (Å²) in [7, 11) is 3.65. The van der Waals surface area contributed by atoms with Crippen molar-refractivity contribution < 1.29 is 9.53 Å². The normalized spacial score (nSPS) is 21.0. The van der Waals surface area contributed by atoms with E-state index in [1.807, 2.05) is 55.4 Å². The number of carbonyl (C=O) groups is 1. The third-order valence-corrected chi connectivity index (χ3v) is 4.61. The molecule has 1 amide bonds. The molecule has 1 N–H and O–H groups in total. The quantitative estimate of drug-likeness (QED) is 0.939. The number of benzene rings is 1. The predicted octanol–water partition coefficient (Wildman–Crippen LogP) is 2.71. The molecular weight excluding hydrogens is 302 g/mol. The molecule has 0 saturated carbocycles. The maximum atomic E-state index is 12.5. The molecule has 1 fully saturated rings. The van der Waals surface area contributed by atoms with Crippen molar-refractivity contribution in [1.82, 2.24) is 9.88 Å². The van der Waals surface area contributed by atoms with Gasteiger partial charge in [0.25, 0.3) is 0 Å². The van der Waals surface area contributed by atoms with Gasteiger partial charge in [0.15, 0.2) is 0 Å². The number of aromatic nitrogens is 1. The Kier molecular flexibility index (Phi) is 4.92. The van der Waals surface area contributed by atoms with Crippen molar-refractivity contribution in [2.45, 2.75) is 25.5 Å². The average Bonchev–Trinajstić information content (AvgIpc) is 2.97. The van der Waals surface area contributed by atoms with E-state index in [1.54, 1.807) is 13.3 Å². The molecule has 5 heteroatoms. The van der Waals surface area contributed by atoms with Crippen molar-refractivity contribution >= 4 is 11.6 Å². The average molecular weight is 325 g/mol. The molecule has 2 aromatic rings. The third-order valence-electron chi connectivity index (χ3n) is 4.61. The lowest BCUT2D eigenvalue weighted by molar-refractivity contribution is -0.120. The molecule has 0 bridgehead atoms. The minimum atomic E-state index is -0.145. The van der Waals surface area contributed by atoms with Gasteiger partial charge in [-0.1, -0.05) is 12.1 Å². The highest BCUT2D eigenvalue weighted by Crippen LogP contribution is 2.26. The number of likely N-dealkylation sites (tertiary alicyclic amines) is 1. The number of aryl methyl sites for hydroxylation is 1. The number of carbonyl (C=O) groups excluding carboxylic acids is 1. The number of rotatable bonds is 4. The number of amides is 1. The Morgan fingerprint density at radius 3 is 2.83 bits per heavy atom. The number of methoxy groups -OCH3 is 1. The second-order valence-electron chi connectivity index (χ2n) is 6.31. The summed E-state index contributed by atoms with van der Waals surface area (Å²) in [5.74, 6) is 0.0191. The van der Waals surface area contributed by atoms with Gasteiger partial charge in [-0.3, -0.25) is 14.7 Å². The zero-order chi connectivity index (χ0) is 17.1. The lowest BCUT2D eigenvalue weighted by Gasteiger charge is -2.18. The van der Waals surface area contributed by atoms with Crippen LogP contribution in [0, 0.1) is 6.92 Å². The summed E-state index contributed by atoms with van der Waals surface area (Å²) in [6.07, 6.45) is 4.46. The number of hydrogen-bond acceptors (Lipinski definition) is 4. The summed E-state index contributed by atoms with van der Waals surface area (Å²) < 4.78 is 5.37.